The van der Waals surface area contributed by atoms with Crippen molar-refractivity contribution in [2.45, 2.75) is 6.92 Å². The zero-order valence-corrected chi connectivity index (χ0v) is 9.25. The molecule has 0 aliphatic carbocycles. The Labute approximate surface area is 96.9 Å². The molecule has 0 radical (unpaired) electrons. The maximum Gasteiger partial charge on any atom is 0.341 e. The maximum atomic E-state index is 11.0. The van der Waals surface area contributed by atoms with E-state index in [9.17, 15) is 4.79 Å². The lowest BCUT2D eigenvalue weighted by molar-refractivity contribution is 0.0698. The van der Waals surface area contributed by atoms with Gasteiger partial charge in [0.2, 0.25) is 0 Å². The molecule has 1 heterocycles. The fourth-order valence-corrected chi connectivity index (χ4v) is 1.76. The highest BCUT2D eigenvalue weighted by Gasteiger charge is 2.20. The van der Waals surface area contributed by atoms with Crippen LogP contribution in [0.4, 0.5) is 0 Å². The van der Waals surface area contributed by atoms with Crippen molar-refractivity contribution >= 4 is 17.6 Å². The van der Waals surface area contributed by atoms with Crippen LogP contribution < -0.4 is 0 Å². The van der Waals surface area contributed by atoms with Gasteiger partial charge in [0.25, 0.3) is 0 Å². The Bertz CT molecular complexity index is 549. The molecule has 1 aromatic heterocycles. The molecule has 0 bridgehead atoms. The van der Waals surface area contributed by atoms with Crippen molar-refractivity contribution < 1.29 is 9.90 Å². The van der Waals surface area contributed by atoms with Gasteiger partial charge in [-0.25, -0.2) is 4.79 Å². The number of nitrogens with zero attached hydrogens (tertiary/aromatic N) is 1. The number of aromatic carboxylic acids is 1. The van der Waals surface area contributed by atoms with Crippen LogP contribution in [-0.4, -0.2) is 21.3 Å². The molecule has 4 nitrogen and oxygen atoms in total. The molecule has 0 saturated heterocycles. The summed E-state index contributed by atoms with van der Waals surface area (Å²) in [7, 11) is 0. The lowest BCUT2D eigenvalue weighted by atomic mass is 10.0. The lowest BCUT2D eigenvalue weighted by Gasteiger charge is -2.02. The number of aromatic nitrogens is 2. The summed E-state index contributed by atoms with van der Waals surface area (Å²) in [4.78, 5) is 11.0. The highest BCUT2D eigenvalue weighted by atomic mass is 35.5. The highest BCUT2D eigenvalue weighted by Crippen LogP contribution is 2.28. The molecule has 82 valence electrons. The summed E-state index contributed by atoms with van der Waals surface area (Å²) in [6.45, 7) is 1.89. The molecular weight excluding hydrogens is 228 g/mol. The van der Waals surface area contributed by atoms with Gasteiger partial charge in [-0.3, -0.25) is 5.10 Å². The van der Waals surface area contributed by atoms with Crippen molar-refractivity contribution in [3.8, 4) is 11.3 Å². The van der Waals surface area contributed by atoms with Crippen LogP contribution in [0.1, 0.15) is 15.9 Å². The van der Waals surface area contributed by atoms with Crippen molar-refractivity contribution in [1.82, 2.24) is 10.2 Å². The van der Waals surface area contributed by atoms with E-state index in [0.717, 1.165) is 11.1 Å². The number of carboxylic acid groups (broad SMARTS) is 1. The minimum Gasteiger partial charge on any atom is -0.478 e. The van der Waals surface area contributed by atoms with Gasteiger partial charge in [-0.15, -0.1) is 0 Å². The molecule has 0 amide bonds. The zero-order chi connectivity index (χ0) is 11.7. The van der Waals surface area contributed by atoms with Gasteiger partial charge in [-0.05, 0) is 12.5 Å². The Kier molecular flexibility index (Phi) is 2.66. The molecule has 1 aromatic carbocycles. The van der Waals surface area contributed by atoms with Crippen molar-refractivity contribution in [3.05, 3.63) is 40.5 Å². The summed E-state index contributed by atoms with van der Waals surface area (Å²) >= 11 is 5.74. The van der Waals surface area contributed by atoms with Gasteiger partial charge in [0.15, 0.2) is 0 Å². The van der Waals surface area contributed by atoms with Gasteiger partial charge >= 0.3 is 5.97 Å². The van der Waals surface area contributed by atoms with E-state index in [2.05, 4.69) is 10.2 Å². The Morgan fingerprint density at radius 2 is 2.12 bits per heavy atom. The summed E-state index contributed by atoms with van der Waals surface area (Å²) < 4.78 is 0. The molecular formula is C11H9ClN2O2. The third-order valence-electron chi connectivity index (χ3n) is 2.34. The summed E-state index contributed by atoms with van der Waals surface area (Å²) in [5, 5.41) is 15.5. The van der Waals surface area contributed by atoms with E-state index >= 15 is 0 Å². The van der Waals surface area contributed by atoms with Crippen molar-refractivity contribution in [1.29, 1.82) is 0 Å². The van der Waals surface area contributed by atoms with E-state index in [0.29, 0.717) is 5.69 Å². The molecule has 0 atom stereocenters. The first kappa shape index (κ1) is 10.7. The molecule has 0 spiro atoms. The standard InChI is InChI=1S/C11H9ClN2O2/c1-6-4-2-3-5-7(6)9-8(11(15)16)10(12)14-13-9/h2-5H,1H3,(H,13,14)(H,15,16). The predicted octanol–water partition coefficient (Wildman–Crippen LogP) is 2.74. The summed E-state index contributed by atoms with van der Waals surface area (Å²) in [5.41, 5.74) is 2.10. The van der Waals surface area contributed by atoms with Crippen LogP contribution >= 0.6 is 11.6 Å². The molecule has 2 aromatic rings. The summed E-state index contributed by atoms with van der Waals surface area (Å²) in [5.74, 6) is -1.09. The third kappa shape index (κ3) is 1.67. The number of aryl methyl sites for hydroxylation is 1. The topological polar surface area (TPSA) is 66.0 Å². The van der Waals surface area contributed by atoms with Crippen LogP contribution in [0.3, 0.4) is 0 Å². The predicted molar refractivity (Wildman–Crippen MR) is 60.7 cm³/mol. The van der Waals surface area contributed by atoms with Gasteiger partial charge in [-0.1, -0.05) is 35.9 Å². The zero-order valence-electron chi connectivity index (χ0n) is 8.49. The Morgan fingerprint density at radius 1 is 1.44 bits per heavy atom. The lowest BCUT2D eigenvalue weighted by Crippen LogP contribution is -1.98. The van der Waals surface area contributed by atoms with Crippen LogP contribution in [0.2, 0.25) is 5.15 Å². The minimum atomic E-state index is -1.09. The van der Waals surface area contributed by atoms with Gasteiger partial charge < -0.3 is 5.11 Å². The number of carbonyl (C=O) groups is 1. The average Bonchev–Trinajstić information content (AvgIpc) is 2.61. The van der Waals surface area contributed by atoms with Crippen LogP contribution in [0, 0.1) is 6.92 Å². The molecule has 0 aliphatic rings. The molecule has 2 rings (SSSR count). The second-order valence-corrected chi connectivity index (χ2v) is 3.76. The Balaban J connectivity index is 2.66. The fraction of sp³-hybridized carbons (Fsp3) is 0.0909. The fourth-order valence-electron chi connectivity index (χ4n) is 1.55. The van der Waals surface area contributed by atoms with E-state index in [1.165, 1.54) is 0 Å². The van der Waals surface area contributed by atoms with E-state index in [1.807, 2.05) is 31.2 Å². The smallest absolute Gasteiger partial charge is 0.341 e. The molecule has 2 N–H and O–H groups in total. The molecule has 5 heteroatoms. The number of hydrogen-bond acceptors (Lipinski definition) is 2. The SMILES string of the molecule is Cc1ccccc1-c1n[nH]c(Cl)c1C(=O)O. The van der Waals surface area contributed by atoms with Crippen molar-refractivity contribution in [2.75, 3.05) is 0 Å². The monoisotopic (exact) mass is 236 g/mol. The molecule has 16 heavy (non-hydrogen) atoms. The largest absolute Gasteiger partial charge is 0.478 e. The quantitative estimate of drug-likeness (QED) is 0.843. The first-order valence-electron chi connectivity index (χ1n) is 4.64. The molecule has 0 unspecified atom stereocenters. The number of H-pyrrole nitrogens is 1. The van der Waals surface area contributed by atoms with Crippen molar-refractivity contribution in [2.24, 2.45) is 0 Å². The van der Waals surface area contributed by atoms with Crippen LogP contribution in [0.5, 0.6) is 0 Å². The van der Waals surface area contributed by atoms with Crippen molar-refractivity contribution in [3.63, 3.8) is 0 Å². The minimum absolute atomic E-state index is 0.0102. The third-order valence-corrected chi connectivity index (χ3v) is 2.61. The van der Waals surface area contributed by atoms with E-state index in [1.54, 1.807) is 0 Å². The number of benzene rings is 1. The first-order chi connectivity index (χ1) is 7.61. The summed E-state index contributed by atoms with van der Waals surface area (Å²) in [6, 6.07) is 7.42. The Hall–Kier alpha value is -1.81. The van der Waals surface area contributed by atoms with Gasteiger partial charge in [0.05, 0.1) is 0 Å². The van der Waals surface area contributed by atoms with Gasteiger partial charge in [0.1, 0.15) is 16.4 Å². The van der Waals surface area contributed by atoms with E-state index in [-0.39, 0.29) is 10.7 Å². The first-order valence-corrected chi connectivity index (χ1v) is 5.02. The second-order valence-electron chi connectivity index (χ2n) is 3.38. The molecule has 0 saturated carbocycles. The maximum absolute atomic E-state index is 11.0. The van der Waals surface area contributed by atoms with Gasteiger partial charge in [-0.2, -0.15) is 5.10 Å². The molecule has 0 aliphatic heterocycles. The number of rotatable bonds is 2. The van der Waals surface area contributed by atoms with E-state index < -0.39 is 5.97 Å². The van der Waals surface area contributed by atoms with E-state index in [4.69, 9.17) is 16.7 Å². The normalized spacial score (nSPS) is 10.4. The molecule has 0 fully saturated rings. The number of nitrogens with one attached hydrogen (secondary N) is 1. The van der Waals surface area contributed by atoms with Gasteiger partial charge in [0, 0.05) is 5.56 Å². The van der Waals surface area contributed by atoms with Crippen LogP contribution in [0.15, 0.2) is 24.3 Å². The number of halogens is 1. The van der Waals surface area contributed by atoms with Crippen LogP contribution in [-0.2, 0) is 0 Å². The number of carboxylic acids is 1. The Morgan fingerprint density at radius 3 is 2.75 bits per heavy atom. The highest BCUT2D eigenvalue weighted by molar-refractivity contribution is 6.33. The second kappa shape index (κ2) is 3.98. The number of hydrogen-bond donors (Lipinski definition) is 2. The average molecular weight is 237 g/mol. The summed E-state index contributed by atoms with van der Waals surface area (Å²) in [6.07, 6.45) is 0. The van der Waals surface area contributed by atoms with Crippen LogP contribution in [0.25, 0.3) is 11.3 Å². The number of aromatic amines is 1.